The van der Waals surface area contributed by atoms with Gasteiger partial charge in [-0.25, -0.2) is 0 Å². The van der Waals surface area contributed by atoms with Crippen molar-refractivity contribution in [1.82, 2.24) is 15.1 Å². The molecule has 3 aliphatic rings. The molecule has 1 aromatic rings. The summed E-state index contributed by atoms with van der Waals surface area (Å²) in [6.45, 7) is 9.83. The fraction of sp³-hybridized carbons (Fsp3) is 0.679. The first kappa shape index (κ1) is 26.8. The maximum Gasteiger partial charge on any atom is 0.251 e. The first-order chi connectivity index (χ1) is 17.4. The van der Waals surface area contributed by atoms with Gasteiger partial charge in [0.2, 0.25) is 5.91 Å². The zero-order chi connectivity index (χ0) is 25.8. The largest absolute Gasteiger partial charge is 0.377 e. The van der Waals surface area contributed by atoms with E-state index in [1.54, 1.807) is 12.0 Å². The van der Waals surface area contributed by atoms with E-state index in [2.05, 4.69) is 29.3 Å². The molecule has 0 aliphatic carbocycles. The third-order valence-electron chi connectivity index (χ3n) is 8.26. The van der Waals surface area contributed by atoms with Gasteiger partial charge in [0.1, 0.15) is 30.9 Å². The summed E-state index contributed by atoms with van der Waals surface area (Å²) in [5, 5.41) is 2.98. The molecule has 198 valence electrons. The quantitative estimate of drug-likeness (QED) is 0.562. The van der Waals surface area contributed by atoms with Gasteiger partial charge in [0.15, 0.2) is 5.78 Å². The van der Waals surface area contributed by atoms with E-state index in [-0.39, 0.29) is 42.8 Å². The molecule has 2 amide bonds. The van der Waals surface area contributed by atoms with Crippen LogP contribution in [0.15, 0.2) is 24.3 Å². The van der Waals surface area contributed by atoms with Gasteiger partial charge in [0.25, 0.3) is 5.91 Å². The lowest BCUT2D eigenvalue weighted by Gasteiger charge is -2.32. The summed E-state index contributed by atoms with van der Waals surface area (Å²) in [5.74, 6) is -0.204. The highest BCUT2D eigenvalue weighted by Gasteiger charge is 2.53. The second-order valence-electron chi connectivity index (χ2n) is 10.5. The number of likely N-dealkylation sites (tertiary alicyclic amines) is 2. The van der Waals surface area contributed by atoms with Crippen LogP contribution in [-0.2, 0) is 19.1 Å². The van der Waals surface area contributed by atoms with E-state index in [0.717, 1.165) is 32.5 Å². The third kappa shape index (κ3) is 5.50. The van der Waals surface area contributed by atoms with Gasteiger partial charge < -0.3 is 24.6 Å². The molecule has 0 spiro atoms. The van der Waals surface area contributed by atoms with Crippen LogP contribution in [-0.4, -0.2) is 91.6 Å². The molecule has 0 radical (unpaired) electrons. The molecule has 3 fully saturated rings. The summed E-state index contributed by atoms with van der Waals surface area (Å²) in [6.07, 6.45) is 3.39. The van der Waals surface area contributed by atoms with Crippen molar-refractivity contribution in [3.8, 4) is 0 Å². The first-order valence-corrected chi connectivity index (χ1v) is 13.5. The van der Waals surface area contributed by atoms with E-state index in [1.165, 1.54) is 12.0 Å². The number of hydrogen-bond donors (Lipinski definition) is 1. The van der Waals surface area contributed by atoms with E-state index in [4.69, 9.17) is 9.47 Å². The summed E-state index contributed by atoms with van der Waals surface area (Å²) in [5.41, 5.74) is 1.81. The van der Waals surface area contributed by atoms with Gasteiger partial charge in [0, 0.05) is 12.7 Å². The number of Topliss-reactive ketones (excluding diaryl/α,β-unsaturated/α-hetero) is 1. The zero-order valence-electron chi connectivity index (χ0n) is 22.1. The summed E-state index contributed by atoms with van der Waals surface area (Å²) in [4.78, 5) is 43.4. The monoisotopic (exact) mass is 499 g/mol. The minimum absolute atomic E-state index is 0.0106. The molecule has 1 aromatic carbocycles. The fourth-order valence-electron chi connectivity index (χ4n) is 5.85. The van der Waals surface area contributed by atoms with Gasteiger partial charge in [-0.1, -0.05) is 39.3 Å². The number of methoxy groups -OCH3 is 1. The molecular weight excluding hydrogens is 458 g/mol. The number of amides is 2. The number of nitrogens with zero attached hydrogens (tertiary/aromatic N) is 2. The van der Waals surface area contributed by atoms with E-state index >= 15 is 0 Å². The Kier molecular flexibility index (Phi) is 8.80. The zero-order valence-corrected chi connectivity index (χ0v) is 22.1. The summed E-state index contributed by atoms with van der Waals surface area (Å²) >= 11 is 0. The van der Waals surface area contributed by atoms with Crippen LogP contribution >= 0.6 is 0 Å². The Balaban J connectivity index is 1.42. The number of carbonyl (C=O) groups excluding carboxylic acids is 3. The van der Waals surface area contributed by atoms with Crippen LogP contribution < -0.4 is 5.32 Å². The van der Waals surface area contributed by atoms with Crippen LogP contribution in [0, 0.1) is 5.92 Å². The SMILES string of the molecule is CCCN1CCC(c2ccc(C(=O)N[C@H](C(=O)N3C[C@H](OC)[C@H]4OCC(=O)[C@H]43)[C@@H](C)CC)cc2)CC1. The number of piperidine rings is 1. The van der Waals surface area contributed by atoms with Crippen molar-refractivity contribution in [1.29, 1.82) is 0 Å². The highest BCUT2D eigenvalue weighted by Crippen LogP contribution is 2.31. The molecule has 5 atom stereocenters. The maximum atomic E-state index is 13.6. The molecule has 36 heavy (non-hydrogen) atoms. The highest BCUT2D eigenvalue weighted by atomic mass is 16.5. The van der Waals surface area contributed by atoms with Gasteiger partial charge in [-0.15, -0.1) is 0 Å². The third-order valence-corrected chi connectivity index (χ3v) is 8.26. The normalized spacial score (nSPS) is 26.6. The Bertz CT molecular complexity index is 928. The molecule has 3 heterocycles. The smallest absolute Gasteiger partial charge is 0.251 e. The number of fused-ring (bicyclic) bond motifs is 1. The van der Waals surface area contributed by atoms with Crippen molar-refractivity contribution in [2.75, 3.05) is 39.9 Å². The van der Waals surface area contributed by atoms with Gasteiger partial charge in [0.05, 0.1) is 6.54 Å². The molecule has 3 aliphatic heterocycles. The number of ether oxygens (including phenoxy) is 2. The average Bonchev–Trinajstić information content (AvgIpc) is 3.47. The van der Waals surface area contributed by atoms with Crippen molar-refractivity contribution >= 4 is 17.6 Å². The van der Waals surface area contributed by atoms with E-state index in [0.29, 0.717) is 17.9 Å². The van der Waals surface area contributed by atoms with Gasteiger partial charge in [-0.3, -0.25) is 14.4 Å². The Labute approximate surface area is 214 Å². The average molecular weight is 500 g/mol. The van der Waals surface area contributed by atoms with Crippen LogP contribution in [0.4, 0.5) is 0 Å². The van der Waals surface area contributed by atoms with Gasteiger partial charge >= 0.3 is 0 Å². The van der Waals surface area contributed by atoms with Crippen LogP contribution in [0.3, 0.4) is 0 Å². The lowest BCUT2D eigenvalue weighted by molar-refractivity contribution is -0.139. The molecule has 4 rings (SSSR count). The standard InChI is InChI=1S/C28H41N3O5/c1-5-13-30-14-11-20(12-15-30)19-7-9-21(10-8-19)27(33)29-24(18(3)6-2)28(34)31-16-23(35-4)26-25(31)22(32)17-36-26/h7-10,18,20,23-26H,5-6,11-17H2,1-4H3,(H,29,33)/t18-,23-,24-,25+,26+/m0/s1. The molecule has 0 saturated carbocycles. The van der Waals surface area contributed by atoms with Gasteiger partial charge in [-0.05, 0) is 68.4 Å². The van der Waals surface area contributed by atoms with Crippen LogP contribution in [0.1, 0.15) is 68.3 Å². The molecule has 0 bridgehead atoms. The Morgan fingerprint density at radius 3 is 2.47 bits per heavy atom. The number of ketones is 1. The Morgan fingerprint density at radius 2 is 1.86 bits per heavy atom. The molecule has 3 saturated heterocycles. The van der Waals surface area contributed by atoms with E-state index < -0.39 is 18.2 Å². The molecule has 0 unspecified atom stereocenters. The lowest BCUT2D eigenvalue weighted by atomic mass is 9.89. The second-order valence-corrected chi connectivity index (χ2v) is 10.5. The number of hydrogen-bond acceptors (Lipinski definition) is 6. The second kappa shape index (κ2) is 11.8. The van der Waals surface area contributed by atoms with Crippen molar-refractivity contribution in [2.24, 2.45) is 5.92 Å². The van der Waals surface area contributed by atoms with Crippen molar-refractivity contribution in [3.05, 3.63) is 35.4 Å². The van der Waals surface area contributed by atoms with Crippen LogP contribution in [0.25, 0.3) is 0 Å². The Morgan fingerprint density at radius 1 is 1.17 bits per heavy atom. The fourth-order valence-corrected chi connectivity index (χ4v) is 5.85. The molecular formula is C28H41N3O5. The lowest BCUT2D eigenvalue weighted by Crippen LogP contribution is -2.54. The first-order valence-electron chi connectivity index (χ1n) is 13.5. The summed E-state index contributed by atoms with van der Waals surface area (Å²) in [6, 6.07) is 6.46. The highest BCUT2D eigenvalue weighted by molar-refractivity contribution is 5.99. The molecule has 0 aromatic heterocycles. The van der Waals surface area contributed by atoms with Crippen molar-refractivity contribution < 1.29 is 23.9 Å². The minimum atomic E-state index is -0.727. The number of carbonyl (C=O) groups is 3. The van der Waals surface area contributed by atoms with Crippen LogP contribution in [0.5, 0.6) is 0 Å². The van der Waals surface area contributed by atoms with Gasteiger partial charge in [-0.2, -0.15) is 0 Å². The minimum Gasteiger partial charge on any atom is -0.377 e. The predicted octanol–water partition coefficient (Wildman–Crippen LogP) is 2.61. The maximum absolute atomic E-state index is 13.6. The predicted molar refractivity (Wildman–Crippen MR) is 137 cm³/mol. The molecule has 1 N–H and O–H groups in total. The van der Waals surface area contributed by atoms with Crippen LogP contribution in [0.2, 0.25) is 0 Å². The van der Waals surface area contributed by atoms with E-state index in [1.807, 2.05) is 26.0 Å². The van der Waals surface area contributed by atoms with Crippen molar-refractivity contribution in [3.63, 3.8) is 0 Å². The molecule has 8 heteroatoms. The topological polar surface area (TPSA) is 88.2 Å². The van der Waals surface area contributed by atoms with E-state index in [9.17, 15) is 14.4 Å². The molecule has 8 nitrogen and oxygen atoms in total. The number of benzene rings is 1. The number of nitrogens with one attached hydrogen (secondary N) is 1. The number of rotatable bonds is 9. The van der Waals surface area contributed by atoms with Crippen molar-refractivity contribution in [2.45, 2.75) is 76.7 Å². The summed E-state index contributed by atoms with van der Waals surface area (Å²) < 4.78 is 11.1. The summed E-state index contributed by atoms with van der Waals surface area (Å²) in [7, 11) is 1.56. The Hall–Kier alpha value is -2.29.